The number of benzene rings is 1. The third kappa shape index (κ3) is 2.40. The quantitative estimate of drug-likeness (QED) is 0.896. The van der Waals surface area contributed by atoms with Crippen LogP contribution < -0.4 is 15.2 Å². The molecule has 1 unspecified atom stereocenters. The minimum Gasteiger partial charge on any atom is -0.495 e. The number of nitrogens with two attached hydrogens (primary N) is 1. The summed E-state index contributed by atoms with van der Waals surface area (Å²) in [5.74, 6) is 0.781. The minimum absolute atomic E-state index is 0.0433. The number of aliphatic imine (C=N–C) groups is 1. The van der Waals surface area contributed by atoms with Gasteiger partial charge in [0.25, 0.3) is 0 Å². The largest absolute Gasteiger partial charge is 0.495 e. The van der Waals surface area contributed by atoms with Gasteiger partial charge in [0.1, 0.15) is 11.6 Å². The Hall–Kier alpha value is -2.31. The lowest BCUT2D eigenvalue weighted by molar-refractivity contribution is 0.153. The Morgan fingerprint density at radius 2 is 2.09 bits per heavy atom. The maximum absolute atomic E-state index is 11.3. The number of pyridine rings is 1. The molecule has 1 aromatic heterocycles. The first-order chi connectivity index (χ1) is 11.0. The number of methoxy groups -OCH3 is 1. The van der Waals surface area contributed by atoms with E-state index in [0.717, 1.165) is 0 Å². The molecule has 7 heteroatoms. The van der Waals surface area contributed by atoms with Gasteiger partial charge in [-0.15, -0.1) is 0 Å². The van der Waals surface area contributed by atoms with Gasteiger partial charge in [-0.3, -0.25) is 0 Å². The zero-order chi connectivity index (χ0) is 16.6. The van der Waals surface area contributed by atoms with Gasteiger partial charge in [0, 0.05) is 22.2 Å². The summed E-state index contributed by atoms with van der Waals surface area (Å²) in [6, 6.07) is 6.64. The Bertz CT molecular complexity index is 794. The van der Waals surface area contributed by atoms with Gasteiger partial charge in [-0.2, -0.15) is 0 Å². The zero-order valence-corrected chi connectivity index (χ0v) is 13.5. The summed E-state index contributed by atoms with van der Waals surface area (Å²) in [7, 11) is 1.49. The average Bonchev–Trinajstić information content (AvgIpc) is 2.80. The van der Waals surface area contributed by atoms with Crippen molar-refractivity contribution < 1.29 is 14.6 Å². The van der Waals surface area contributed by atoms with Crippen molar-refractivity contribution in [3.63, 3.8) is 0 Å². The molecule has 1 aliphatic rings. The summed E-state index contributed by atoms with van der Waals surface area (Å²) in [5.41, 5.74) is 5.84. The van der Waals surface area contributed by atoms with Crippen LogP contribution in [-0.4, -0.2) is 29.6 Å². The van der Waals surface area contributed by atoms with Crippen molar-refractivity contribution in [3.05, 3.63) is 46.6 Å². The van der Waals surface area contributed by atoms with E-state index in [1.165, 1.54) is 13.3 Å². The predicted molar refractivity (Wildman–Crippen MR) is 87.7 cm³/mol. The zero-order valence-electron chi connectivity index (χ0n) is 12.7. The number of aromatic nitrogens is 1. The van der Waals surface area contributed by atoms with Crippen LogP contribution in [0.1, 0.15) is 18.1 Å². The molecule has 23 heavy (non-hydrogen) atoms. The van der Waals surface area contributed by atoms with Gasteiger partial charge in [0.2, 0.25) is 5.88 Å². The highest BCUT2D eigenvalue weighted by Crippen LogP contribution is 2.46. The van der Waals surface area contributed by atoms with Crippen LogP contribution in [0.15, 0.2) is 35.5 Å². The molecule has 0 saturated carbocycles. The van der Waals surface area contributed by atoms with Crippen LogP contribution in [0.2, 0.25) is 5.02 Å². The summed E-state index contributed by atoms with van der Waals surface area (Å²) in [6.45, 7) is 2.30. The maximum atomic E-state index is 11.3. The van der Waals surface area contributed by atoms with Gasteiger partial charge in [-0.05, 0) is 25.1 Å². The van der Waals surface area contributed by atoms with Crippen molar-refractivity contribution in [2.75, 3.05) is 13.7 Å². The molecule has 2 heterocycles. The lowest BCUT2D eigenvalue weighted by atomic mass is 9.86. The van der Waals surface area contributed by atoms with Gasteiger partial charge >= 0.3 is 0 Å². The van der Waals surface area contributed by atoms with E-state index in [2.05, 4.69) is 9.98 Å². The summed E-state index contributed by atoms with van der Waals surface area (Å²) in [5, 5.41) is 11.8. The van der Waals surface area contributed by atoms with E-state index in [9.17, 15) is 5.11 Å². The number of aliphatic hydroxyl groups is 1. The Balaban J connectivity index is 2.23. The Morgan fingerprint density at radius 1 is 1.30 bits per heavy atom. The molecule has 1 atom stereocenters. The Morgan fingerprint density at radius 3 is 2.78 bits per heavy atom. The molecular formula is C16H16ClN3O3. The summed E-state index contributed by atoms with van der Waals surface area (Å²) in [4.78, 5) is 8.38. The van der Waals surface area contributed by atoms with Gasteiger partial charge in [0.15, 0.2) is 5.60 Å². The van der Waals surface area contributed by atoms with Crippen molar-refractivity contribution in [3.8, 4) is 11.6 Å². The number of nitrogens with zero attached hydrogens (tertiary/aromatic N) is 2. The van der Waals surface area contributed by atoms with Crippen LogP contribution in [0.25, 0.3) is 0 Å². The van der Waals surface area contributed by atoms with E-state index in [0.29, 0.717) is 40.1 Å². The molecule has 3 rings (SSSR count). The molecule has 3 N–H and O–H groups in total. The van der Waals surface area contributed by atoms with E-state index in [4.69, 9.17) is 26.8 Å². The van der Waals surface area contributed by atoms with Gasteiger partial charge in [-0.25, -0.2) is 9.98 Å². The molecular weight excluding hydrogens is 318 g/mol. The van der Waals surface area contributed by atoms with Crippen LogP contribution in [0, 0.1) is 0 Å². The fourth-order valence-electron chi connectivity index (χ4n) is 2.62. The highest BCUT2D eigenvalue weighted by Gasteiger charge is 2.45. The smallest absolute Gasteiger partial charge is 0.213 e. The number of ether oxygens (including phenoxy) is 2. The molecule has 0 spiro atoms. The first kappa shape index (κ1) is 15.6. The van der Waals surface area contributed by atoms with Crippen LogP contribution >= 0.6 is 11.6 Å². The lowest BCUT2D eigenvalue weighted by Crippen LogP contribution is -2.40. The molecule has 0 radical (unpaired) electrons. The van der Waals surface area contributed by atoms with E-state index in [1.807, 2.05) is 6.92 Å². The lowest BCUT2D eigenvalue weighted by Gasteiger charge is -2.26. The van der Waals surface area contributed by atoms with Gasteiger partial charge in [0.05, 0.1) is 25.6 Å². The topological polar surface area (TPSA) is 90.0 Å². The minimum atomic E-state index is -1.65. The first-order valence-corrected chi connectivity index (χ1v) is 7.42. The third-order valence-electron chi connectivity index (χ3n) is 3.70. The molecule has 1 aromatic carbocycles. The molecule has 6 nitrogen and oxygen atoms in total. The van der Waals surface area contributed by atoms with Crippen molar-refractivity contribution in [1.29, 1.82) is 0 Å². The number of hydrogen-bond acceptors (Lipinski definition) is 6. The van der Waals surface area contributed by atoms with Crippen LogP contribution in [0.4, 0.5) is 5.69 Å². The molecule has 2 aromatic rings. The SMILES string of the molecule is CCOc1cc(C2(O)C(N)=Nc3ccc(Cl)cc32)c(OC)cn1. The van der Waals surface area contributed by atoms with Gasteiger partial charge in [-0.1, -0.05) is 11.6 Å². The van der Waals surface area contributed by atoms with Crippen molar-refractivity contribution >= 4 is 23.1 Å². The second kappa shape index (κ2) is 5.72. The fraction of sp³-hybridized carbons (Fsp3) is 0.250. The second-order valence-corrected chi connectivity index (χ2v) is 5.46. The number of rotatable bonds is 4. The normalized spacial score (nSPS) is 19.2. The molecule has 120 valence electrons. The molecule has 0 bridgehead atoms. The highest BCUT2D eigenvalue weighted by molar-refractivity contribution is 6.30. The molecule has 0 fully saturated rings. The summed E-state index contributed by atoms with van der Waals surface area (Å²) in [6.07, 6.45) is 1.48. The number of halogens is 1. The molecule has 0 aliphatic carbocycles. The summed E-state index contributed by atoms with van der Waals surface area (Å²) < 4.78 is 10.7. The van der Waals surface area contributed by atoms with E-state index in [-0.39, 0.29) is 5.84 Å². The van der Waals surface area contributed by atoms with Crippen LogP contribution in [-0.2, 0) is 5.60 Å². The van der Waals surface area contributed by atoms with Crippen LogP contribution in [0.3, 0.4) is 0 Å². The molecule has 0 saturated heterocycles. The first-order valence-electron chi connectivity index (χ1n) is 7.05. The fourth-order valence-corrected chi connectivity index (χ4v) is 2.80. The number of fused-ring (bicyclic) bond motifs is 1. The maximum Gasteiger partial charge on any atom is 0.213 e. The Labute approximate surface area is 138 Å². The monoisotopic (exact) mass is 333 g/mol. The Kier molecular flexibility index (Phi) is 3.87. The van der Waals surface area contributed by atoms with Crippen LogP contribution in [0.5, 0.6) is 11.6 Å². The summed E-state index contributed by atoms with van der Waals surface area (Å²) >= 11 is 6.07. The van der Waals surface area contributed by atoms with E-state index < -0.39 is 5.60 Å². The van der Waals surface area contributed by atoms with Crippen molar-refractivity contribution in [2.45, 2.75) is 12.5 Å². The number of hydrogen-bond donors (Lipinski definition) is 2. The predicted octanol–water partition coefficient (Wildman–Crippen LogP) is 2.38. The van der Waals surface area contributed by atoms with Gasteiger partial charge < -0.3 is 20.3 Å². The van der Waals surface area contributed by atoms with E-state index >= 15 is 0 Å². The second-order valence-electron chi connectivity index (χ2n) is 5.02. The number of amidine groups is 1. The van der Waals surface area contributed by atoms with Crippen molar-refractivity contribution in [1.82, 2.24) is 4.98 Å². The van der Waals surface area contributed by atoms with Crippen molar-refractivity contribution in [2.24, 2.45) is 10.7 Å². The highest BCUT2D eigenvalue weighted by atomic mass is 35.5. The molecule has 0 amide bonds. The van der Waals surface area contributed by atoms with E-state index in [1.54, 1.807) is 24.3 Å². The average molecular weight is 334 g/mol. The standard InChI is InChI=1S/C16H16ClN3O3/c1-3-23-14-7-11(13(22-2)8-19-14)16(21)10-6-9(17)4-5-12(10)20-15(16)18/h4-8,21H,3H2,1-2H3,(H2,18,20). The molecule has 1 aliphatic heterocycles. The third-order valence-corrected chi connectivity index (χ3v) is 3.94.